The molecule has 4 fully saturated rings. The van der Waals surface area contributed by atoms with E-state index in [4.69, 9.17) is 18.9 Å². The van der Waals surface area contributed by atoms with Crippen molar-refractivity contribution in [2.24, 2.45) is 34.5 Å². The third kappa shape index (κ3) is 2.21. The fourth-order valence-corrected chi connectivity index (χ4v) is 8.06. The molecule has 0 unspecified atom stereocenters. The number of hydrogen-bond acceptors (Lipinski definition) is 7. The lowest BCUT2D eigenvalue weighted by atomic mass is 9.38. The Morgan fingerprint density at radius 3 is 2.43 bits per heavy atom. The van der Waals surface area contributed by atoms with Gasteiger partial charge in [-0.2, -0.15) is 0 Å². The van der Waals surface area contributed by atoms with Gasteiger partial charge in [-0.1, -0.05) is 20.8 Å². The summed E-state index contributed by atoms with van der Waals surface area (Å²) in [6, 6.07) is 0. The van der Waals surface area contributed by atoms with E-state index in [-0.39, 0.29) is 42.0 Å². The van der Waals surface area contributed by atoms with E-state index in [1.165, 1.54) is 7.11 Å². The Balaban J connectivity index is 1.72. The number of allylic oxidation sites excluding steroid dienone is 2. The summed E-state index contributed by atoms with van der Waals surface area (Å²) in [5.74, 6) is -1.70. The first-order valence-corrected chi connectivity index (χ1v) is 11.1. The first kappa shape index (κ1) is 20.5. The number of carbonyl (C=O) groups is 2. The molecular weight excluding hydrogens is 388 g/mol. The summed E-state index contributed by atoms with van der Waals surface area (Å²) in [7, 11) is 1.51. The summed E-state index contributed by atoms with van der Waals surface area (Å²) in [5.41, 5.74) is -0.594. The van der Waals surface area contributed by atoms with E-state index in [0.29, 0.717) is 31.8 Å². The Bertz CT molecular complexity index is 827. The van der Waals surface area contributed by atoms with E-state index in [2.05, 4.69) is 13.8 Å². The van der Waals surface area contributed by atoms with Crippen LogP contribution in [0.2, 0.25) is 0 Å². The molecule has 2 saturated heterocycles. The van der Waals surface area contributed by atoms with E-state index >= 15 is 0 Å². The van der Waals surface area contributed by atoms with Crippen LogP contribution >= 0.6 is 0 Å². The number of aliphatic hydroxyl groups is 1. The minimum atomic E-state index is -1.08. The average molecular weight is 421 g/mol. The molecule has 0 aromatic heterocycles. The van der Waals surface area contributed by atoms with Gasteiger partial charge in [0.25, 0.3) is 0 Å². The number of carbonyl (C=O) groups excluding carboxylic acids is 2. The Morgan fingerprint density at radius 1 is 1.13 bits per heavy atom. The highest BCUT2D eigenvalue weighted by molar-refractivity contribution is 5.99. The fraction of sp³-hybridized carbons (Fsp3) is 0.826. The number of methoxy groups -OCH3 is 1. The maximum Gasteiger partial charge on any atom is 0.306 e. The minimum Gasteiger partial charge on any atom is -0.493 e. The SMILES string of the molecule is COC1=C(C)[C@@H]2CC(=O)O[C@@H]3C[C@H]4[C@H](C)CC5(OCCO5)[C@@H](O)[C@]4(C)[C@@H](C1=O)[C@@]32C. The van der Waals surface area contributed by atoms with Crippen molar-refractivity contribution in [1.82, 2.24) is 0 Å². The molecule has 166 valence electrons. The highest BCUT2D eigenvalue weighted by Crippen LogP contribution is 2.69. The molecule has 2 saturated carbocycles. The predicted molar refractivity (Wildman–Crippen MR) is 105 cm³/mol. The van der Waals surface area contributed by atoms with Gasteiger partial charge in [-0.3, -0.25) is 9.59 Å². The van der Waals surface area contributed by atoms with Crippen molar-refractivity contribution in [3.05, 3.63) is 11.3 Å². The van der Waals surface area contributed by atoms with Crippen LogP contribution in [-0.4, -0.2) is 55.2 Å². The lowest BCUT2D eigenvalue weighted by Gasteiger charge is -2.68. The second kappa shape index (κ2) is 6.30. The lowest BCUT2D eigenvalue weighted by Crippen LogP contribution is -2.74. The second-order valence-corrected chi connectivity index (χ2v) is 10.4. The first-order valence-electron chi connectivity index (χ1n) is 11.1. The standard InChI is InChI=1S/C23H32O7/c1-11-10-23(28-6-7-29-23)20(26)22(4)13(11)8-15-21(3)14(9-16(24)30-15)12(2)18(27-5)17(25)19(21)22/h11,13-15,19-20,26H,6-10H2,1-5H3/t11-,13+,14+,15-,19+,20+,21-,22+/m1/s1. The first-order chi connectivity index (χ1) is 14.1. The summed E-state index contributed by atoms with van der Waals surface area (Å²) in [6.07, 6.45) is 0.0823. The van der Waals surface area contributed by atoms with Crippen LogP contribution in [0.5, 0.6) is 0 Å². The van der Waals surface area contributed by atoms with Crippen molar-refractivity contribution in [3.8, 4) is 0 Å². The van der Waals surface area contributed by atoms with E-state index in [1.54, 1.807) is 0 Å². The van der Waals surface area contributed by atoms with Crippen LogP contribution in [-0.2, 0) is 28.5 Å². The Labute approximate surface area is 177 Å². The maximum absolute atomic E-state index is 13.9. The Kier molecular flexibility index (Phi) is 4.30. The third-order valence-corrected chi connectivity index (χ3v) is 9.25. The zero-order valence-electron chi connectivity index (χ0n) is 18.4. The van der Waals surface area contributed by atoms with E-state index in [1.807, 2.05) is 13.8 Å². The molecule has 2 heterocycles. The third-order valence-electron chi connectivity index (χ3n) is 9.25. The Morgan fingerprint density at radius 2 is 1.80 bits per heavy atom. The lowest BCUT2D eigenvalue weighted by molar-refractivity contribution is -0.325. The van der Waals surface area contributed by atoms with Crippen LogP contribution in [0.3, 0.4) is 0 Å². The molecule has 5 aliphatic rings. The number of ether oxygens (including phenoxy) is 4. The summed E-state index contributed by atoms with van der Waals surface area (Å²) in [4.78, 5) is 26.4. The largest absolute Gasteiger partial charge is 0.493 e. The quantitative estimate of drug-likeness (QED) is 0.651. The highest BCUT2D eigenvalue weighted by Gasteiger charge is 2.74. The molecule has 7 heteroatoms. The van der Waals surface area contributed by atoms with Gasteiger partial charge >= 0.3 is 5.97 Å². The van der Waals surface area contributed by atoms with Gasteiger partial charge in [-0.15, -0.1) is 0 Å². The van der Waals surface area contributed by atoms with Gasteiger partial charge in [0, 0.05) is 29.1 Å². The highest BCUT2D eigenvalue weighted by atomic mass is 16.7. The van der Waals surface area contributed by atoms with Gasteiger partial charge in [0.1, 0.15) is 12.2 Å². The van der Waals surface area contributed by atoms with Crippen LogP contribution in [0.25, 0.3) is 0 Å². The van der Waals surface area contributed by atoms with Crippen molar-refractivity contribution in [1.29, 1.82) is 0 Å². The number of esters is 1. The van der Waals surface area contributed by atoms with Crippen LogP contribution in [0, 0.1) is 34.5 Å². The van der Waals surface area contributed by atoms with Crippen molar-refractivity contribution < 1.29 is 33.6 Å². The molecule has 3 aliphatic carbocycles. The van der Waals surface area contributed by atoms with Crippen LogP contribution in [0.15, 0.2) is 11.3 Å². The summed E-state index contributed by atoms with van der Waals surface area (Å²) in [6.45, 7) is 8.95. The van der Waals surface area contributed by atoms with Crippen molar-refractivity contribution in [2.45, 2.75) is 65.0 Å². The van der Waals surface area contributed by atoms with E-state index in [0.717, 1.165) is 5.57 Å². The molecule has 8 atom stereocenters. The molecule has 1 N–H and O–H groups in total. The molecule has 0 aromatic carbocycles. The average Bonchev–Trinajstić information content (AvgIpc) is 3.14. The van der Waals surface area contributed by atoms with Crippen molar-refractivity contribution in [3.63, 3.8) is 0 Å². The van der Waals surface area contributed by atoms with E-state index in [9.17, 15) is 14.7 Å². The topological polar surface area (TPSA) is 91.3 Å². The Hall–Kier alpha value is -1.44. The van der Waals surface area contributed by atoms with E-state index < -0.39 is 28.6 Å². The zero-order valence-corrected chi connectivity index (χ0v) is 18.4. The number of ketones is 1. The van der Waals surface area contributed by atoms with Gasteiger partial charge in [-0.25, -0.2) is 0 Å². The number of aliphatic hydroxyl groups excluding tert-OH is 1. The smallest absolute Gasteiger partial charge is 0.306 e. The molecular formula is C23H32O7. The monoisotopic (exact) mass is 420 g/mol. The van der Waals surface area contributed by atoms with Gasteiger partial charge in [0.15, 0.2) is 11.5 Å². The molecule has 0 radical (unpaired) electrons. The number of Topliss-reactive ketones (excluding diaryl/α,β-unsaturated/α-hetero) is 1. The molecule has 30 heavy (non-hydrogen) atoms. The molecule has 2 aliphatic heterocycles. The normalized spacial score (nSPS) is 49.5. The molecule has 1 spiro atoms. The van der Waals surface area contributed by atoms with Crippen LogP contribution in [0.4, 0.5) is 0 Å². The van der Waals surface area contributed by atoms with Crippen LogP contribution < -0.4 is 0 Å². The second-order valence-electron chi connectivity index (χ2n) is 10.4. The van der Waals surface area contributed by atoms with Crippen molar-refractivity contribution in [2.75, 3.05) is 20.3 Å². The number of rotatable bonds is 1. The summed E-state index contributed by atoms with van der Waals surface area (Å²) in [5, 5.41) is 11.8. The number of fused-ring (bicyclic) bond motifs is 2. The van der Waals surface area contributed by atoms with Crippen molar-refractivity contribution >= 4 is 11.8 Å². The maximum atomic E-state index is 13.9. The minimum absolute atomic E-state index is 0.0130. The summed E-state index contributed by atoms with van der Waals surface area (Å²) >= 11 is 0. The molecule has 0 bridgehead atoms. The van der Waals surface area contributed by atoms with Crippen LogP contribution in [0.1, 0.15) is 47.0 Å². The molecule has 7 nitrogen and oxygen atoms in total. The zero-order chi connectivity index (χ0) is 21.6. The molecule has 0 aromatic rings. The number of hydrogen-bond donors (Lipinski definition) is 1. The molecule has 5 rings (SSSR count). The van der Waals surface area contributed by atoms with Gasteiger partial charge in [0.2, 0.25) is 5.78 Å². The molecule has 0 amide bonds. The summed E-state index contributed by atoms with van der Waals surface area (Å²) < 4.78 is 23.5. The van der Waals surface area contributed by atoms with Gasteiger partial charge in [-0.05, 0) is 30.8 Å². The predicted octanol–water partition coefficient (Wildman–Crippen LogP) is 2.21. The van der Waals surface area contributed by atoms with Gasteiger partial charge < -0.3 is 24.1 Å². The van der Waals surface area contributed by atoms with Gasteiger partial charge in [0.05, 0.1) is 26.7 Å². The fourth-order valence-electron chi connectivity index (χ4n) is 8.06.